The van der Waals surface area contributed by atoms with Crippen molar-refractivity contribution in [2.24, 2.45) is 0 Å². The molecule has 92 valence electrons. The molecule has 0 spiro atoms. The van der Waals surface area contributed by atoms with Crippen molar-refractivity contribution < 1.29 is 4.79 Å². The lowest BCUT2D eigenvalue weighted by Crippen LogP contribution is -2.14. The first-order valence-electron chi connectivity index (χ1n) is 5.53. The van der Waals surface area contributed by atoms with Gasteiger partial charge in [-0.1, -0.05) is 23.7 Å². The summed E-state index contributed by atoms with van der Waals surface area (Å²) >= 11 is 5.86. The van der Waals surface area contributed by atoms with Crippen molar-refractivity contribution in [3.8, 4) is 0 Å². The molecule has 1 amide bonds. The summed E-state index contributed by atoms with van der Waals surface area (Å²) in [5.41, 5.74) is 7.86. The zero-order chi connectivity index (χ0) is 13.0. The summed E-state index contributed by atoms with van der Waals surface area (Å²) in [6.45, 7) is 0. The van der Waals surface area contributed by atoms with Crippen LogP contribution in [0.1, 0.15) is 5.56 Å². The standard InChI is InChI=1S/C14H13ClN2O/c15-11-3-1-2-10(8-11)9-14(18)17-13-6-4-12(16)5-7-13/h1-8H,9,16H2,(H,17,18). The zero-order valence-corrected chi connectivity index (χ0v) is 10.4. The van der Waals surface area contributed by atoms with Gasteiger partial charge in [0.15, 0.2) is 0 Å². The van der Waals surface area contributed by atoms with Crippen LogP contribution in [0.15, 0.2) is 48.5 Å². The minimum atomic E-state index is -0.0814. The van der Waals surface area contributed by atoms with Crippen LogP contribution in [0, 0.1) is 0 Å². The molecule has 18 heavy (non-hydrogen) atoms. The molecule has 0 aliphatic heterocycles. The number of nitrogens with two attached hydrogens (primary N) is 1. The molecule has 0 unspecified atom stereocenters. The Bertz CT molecular complexity index is 552. The fraction of sp³-hybridized carbons (Fsp3) is 0.0714. The topological polar surface area (TPSA) is 55.1 Å². The number of carbonyl (C=O) groups excluding carboxylic acids is 1. The number of rotatable bonds is 3. The van der Waals surface area contributed by atoms with Crippen molar-refractivity contribution in [3.05, 3.63) is 59.1 Å². The van der Waals surface area contributed by atoms with Crippen molar-refractivity contribution in [3.63, 3.8) is 0 Å². The maximum absolute atomic E-state index is 11.8. The number of amides is 1. The third kappa shape index (κ3) is 3.50. The van der Waals surface area contributed by atoms with E-state index in [0.29, 0.717) is 17.1 Å². The molecule has 0 atom stereocenters. The van der Waals surface area contributed by atoms with Crippen LogP contribution in [0.3, 0.4) is 0 Å². The van der Waals surface area contributed by atoms with Crippen LogP contribution in [0.5, 0.6) is 0 Å². The molecule has 0 heterocycles. The van der Waals surface area contributed by atoms with E-state index in [1.165, 1.54) is 0 Å². The highest BCUT2D eigenvalue weighted by Crippen LogP contribution is 2.13. The van der Waals surface area contributed by atoms with Gasteiger partial charge in [0, 0.05) is 16.4 Å². The van der Waals surface area contributed by atoms with Gasteiger partial charge in [-0.15, -0.1) is 0 Å². The summed E-state index contributed by atoms with van der Waals surface area (Å²) in [5.74, 6) is -0.0814. The van der Waals surface area contributed by atoms with Crippen molar-refractivity contribution in [1.29, 1.82) is 0 Å². The van der Waals surface area contributed by atoms with E-state index in [9.17, 15) is 4.79 Å². The molecule has 0 aromatic heterocycles. The second kappa shape index (κ2) is 5.56. The van der Waals surface area contributed by atoms with Crippen LogP contribution in [0.2, 0.25) is 5.02 Å². The summed E-state index contributed by atoms with van der Waals surface area (Å²) in [7, 11) is 0. The molecule has 0 fully saturated rings. The average molecular weight is 261 g/mol. The van der Waals surface area contributed by atoms with E-state index in [1.54, 1.807) is 36.4 Å². The number of nitrogen functional groups attached to an aromatic ring is 1. The minimum absolute atomic E-state index is 0.0814. The summed E-state index contributed by atoms with van der Waals surface area (Å²) in [6, 6.07) is 14.3. The third-order valence-electron chi connectivity index (χ3n) is 2.45. The van der Waals surface area contributed by atoms with Crippen molar-refractivity contribution in [2.45, 2.75) is 6.42 Å². The highest BCUT2D eigenvalue weighted by Gasteiger charge is 2.04. The Morgan fingerprint density at radius 1 is 1.17 bits per heavy atom. The van der Waals surface area contributed by atoms with E-state index in [1.807, 2.05) is 12.1 Å². The largest absolute Gasteiger partial charge is 0.399 e. The smallest absolute Gasteiger partial charge is 0.228 e. The Kier molecular flexibility index (Phi) is 3.85. The molecular weight excluding hydrogens is 248 g/mol. The van der Waals surface area contributed by atoms with Gasteiger partial charge in [0.1, 0.15) is 0 Å². The molecule has 0 saturated heterocycles. The number of hydrogen-bond donors (Lipinski definition) is 2. The minimum Gasteiger partial charge on any atom is -0.399 e. The normalized spacial score (nSPS) is 10.1. The number of benzene rings is 2. The van der Waals surface area contributed by atoms with E-state index in [-0.39, 0.29) is 5.91 Å². The maximum Gasteiger partial charge on any atom is 0.228 e. The quantitative estimate of drug-likeness (QED) is 0.833. The van der Waals surface area contributed by atoms with Gasteiger partial charge in [-0.25, -0.2) is 0 Å². The predicted molar refractivity (Wildman–Crippen MR) is 74.6 cm³/mol. The average Bonchev–Trinajstić information content (AvgIpc) is 2.32. The third-order valence-corrected chi connectivity index (χ3v) is 2.68. The molecular formula is C14H13ClN2O. The van der Waals surface area contributed by atoms with E-state index >= 15 is 0 Å². The van der Waals surface area contributed by atoms with Crippen molar-refractivity contribution in [2.75, 3.05) is 11.1 Å². The number of anilines is 2. The molecule has 0 aliphatic carbocycles. The van der Waals surface area contributed by atoms with Gasteiger partial charge < -0.3 is 11.1 Å². The van der Waals surface area contributed by atoms with Gasteiger partial charge in [-0.2, -0.15) is 0 Å². The summed E-state index contributed by atoms with van der Waals surface area (Å²) < 4.78 is 0. The Morgan fingerprint density at radius 3 is 2.56 bits per heavy atom. The van der Waals surface area contributed by atoms with Crippen LogP contribution >= 0.6 is 11.6 Å². The fourth-order valence-corrected chi connectivity index (χ4v) is 1.82. The van der Waals surface area contributed by atoms with Gasteiger partial charge in [0.2, 0.25) is 5.91 Å². The van der Waals surface area contributed by atoms with Gasteiger partial charge in [0.25, 0.3) is 0 Å². The van der Waals surface area contributed by atoms with E-state index < -0.39 is 0 Å². The second-order valence-electron chi connectivity index (χ2n) is 3.98. The van der Waals surface area contributed by atoms with E-state index in [0.717, 1.165) is 11.3 Å². The summed E-state index contributed by atoms with van der Waals surface area (Å²) in [4.78, 5) is 11.8. The number of carbonyl (C=O) groups is 1. The molecule has 0 aliphatic rings. The first-order chi connectivity index (χ1) is 8.63. The predicted octanol–water partition coefficient (Wildman–Crippen LogP) is 3.10. The Labute approximate surface area is 111 Å². The second-order valence-corrected chi connectivity index (χ2v) is 4.41. The van der Waals surface area contributed by atoms with E-state index in [4.69, 9.17) is 17.3 Å². The molecule has 0 radical (unpaired) electrons. The van der Waals surface area contributed by atoms with Gasteiger partial charge in [0.05, 0.1) is 6.42 Å². The van der Waals surface area contributed by atoms with Crippen molar-refractivity contribution >= 4 is 28.9 Å². The van der Waals surface area contributed by atoms with Crippen LogP contribution in [0.4, 0.5) is 11.4 Å². The van der Waals surface area contributed by atoms with Gasteiger partial charge in [-0.05, 0) is 42.0 Å². The number of nitrogens with one attached hydrogen (secondary N) is 1. The lowest BCUT2D eigenvalue weighted by Gasteiger charge is -2.05. The van der Waals surface area contributed by atoms with Crippen LogP contribution in [-0.2, 0) is 11.2 Å². The van der Waals surface area contributed by atoms with E-state index in [2.05, 4.69) is 5.32 Å². The molecule has 2 rings (SSSR count). The molecule has 0 saturated carbocycles. The monoisotopic (exact) mass is 260 g/mol. The Hall–Kier alpha value is -2.00. The van der Waals surface area contributed by atoms with Crippen molar-refractivity contribution in [1.82, 2.24) is 0 Å². The van der Waals surface area contributed by atoms with Gasteiger partial charge in [-0.3, -0.25) is 4.79 Å². The number of halogens is 1. The summed E-state index contributed by atoms with van der Waals surface area (Å²) in [6.07, 6.45) is 0.297. The lowest BCUT2D eigenvalue weighted by molar-refractivity contribution is -0.115. The summed E-state index contributed by atoms with van der Waals surface area (Å²) in [5, 5.41) is 3.43. The van der Waals surface area contributed by atoms with Crippen LogP contribution in [0.25, 0.3) is 0 Å². The highest BCUT2D eigenvalue weighted by molar-refractivity contribution is 6.30. The molecule has 4 heteroatoms. The zero-order valence-electron chi connectivity index (χ0n) is 9.69. The number of hydrogen-bond acceptors (Lipinski definition) is 2. The van der Waals surface area contributed by atoms with Gasteiger partial charge >= 0.3 is 0 Å². The Morgan fingerprint density at radius 2 is 1.89 bits per heavy atom. The first-order valence-corrected chi connectivity index (χ1v) is 5.91. The lowest BCUT2D eigenvalue weighted by atomic mass is 10.1. The molecule has 3 N–H and O–H groups in total. The molecule has 0 bridgehead atoms. The Balaban J connectivity index is 1.98. The first kappa shape index (κ1) is 12.5. The van der Waals surface area contributed by atoms with Crippen LogP contribution in [-0.4, -0.2) is 5.91 Å². The SMILES string of the molecule is Nc1ccc(NC(=O)Cc2cccc(Cl)c2)cc1. The van der Waals surface area contributed by atoms with Crippen LogP contribution < -0.4 is 11.1 Å². The molecule has 3 nitrogen and oxygen atoms in total. The molecule has 2 aromatic rings. The fourth-order valence-electron chi connectivity index (χ4n) is 1.60. The highest BCUT2D eigenvalue weighted by atomic mass is 35.5. The molecule has 2 aromatic carbocycles. The maximum atomic E-state index is 11.8.